The summed E-state index contributed by atoms with van der Waals surface area (Å²) in [6.45, 7) is 0. The predicted octanol–water partition coefficient (Wildman–Crippen LogP) is 4.42. The molecule has 1 aromatic rings. The molecule has 104 valence electrons. The summed E-state index contributed by atoms with van der Waals surface area (Å²) in [4.78, 5) is 0. The monoisotopic (exact) mass is 343 g/mol. The van der Waals surface area contributed by atoms with E-state index in [2.05, 4.69) is 21.2 Å². The summed E-state index contributed by atoms with van der Waals surface area (Å²) < 4.78 is 6.50. The Kier molecular flexibility index (Phi) is 3.80. The molecule has 2 fully saturated rings. The van der Waals surface area contributed by atoms with Crippen molar-refractivity contribution in [2.45, 2.75) is 25.3 Å². The lowest BCUT2D eigenvalue weighted by molar-refractivity contribution is 0.382. The van der Waals surface area contributed by atoms with E-state index in [0.717, 1.165) is 33.0 Å². The van der Waals surface area contributed by atoms with E-state index in [1.165, 1.54) is 24.8 Å². The molecular formula is C15H19BrClNO. The van der Waals surface area contributed by atoms with Gasteiger partial charge >= 0.3 is 0 Å². The minimum atomic E-state index is 0.347. The number of hydrogen-bond donors (Lipinski definition) is 1. The van der Waals surface area contributed by atoms with Gasteiger partial charge in [-0.2, -0.15) is 0 Å². The molecule has 19 heavy (non-hydrogen) atoms. The third-order valence-corrected chi connectivity index (χ3v) is 5.55. The highest BCUT2D eigenvalue weighted by molar-refractivity contribution is 9.10. The van der Waals surface area contributed by atoms with Crippen molar-refractivity contribution in [3.63, 3.8) is 0 Å². The number of halogens is 2. The van der Waals surface area contributed by atoms with Crippen LogP contribution in [0.25, 0.3) is 0 Å². The van der Waals surface area contributed by atoms with Gasteiger partial charge in [-0.1, -0.05) is 18.0 Å². The molecule has 1 N–H and O–H groups in total. The van der Waals surface area contributed by atoms with Gasteiger partial charge in [-0.25, -0.2) is 0 Å². The topological polar surface area (TPSA) is 21.3 Å². The molecule has 0 aromatic heterocycles. The zero-order valence-electron chi connectivity index (χ0n) is 11.2. The van der Waals surface area contributed by atoms with Crippen LogP contribution in [0.15, 0.2) is 16.6 Å². The van der Waals surface area contributed by atoms with Crippen molar-refractivity contribution in [3.05, 3.63) is 27.2 Å². The van der Waals surface area contributed by atoms with Crippen molar-refractivity contribution < 1.29 is 4.74 Å². The Hall–Kier alpha value is -0.250. The number of nitrogens with one attached hydrogen (secondary N) is 1. The summed E-state index contributed by atoms with van der Waals surface area (Å²) in [6.07, 6.45) is 4.17. The molecule has 0 spiro atoms. The lowest BCUT2D eigenvalue weighted by atomic mass is 9.96. The number of methoxy groups -OCH3 is 1. The second kappa shape index (κ2) is 5.27. The Morgan fingerprint density at radius 1 is 1.37 bits per heavy atom. The molecule has 4 heteroatoms. The molecule has 0 bridgehead atoms. The summed E-state index contributed by atoms with van der Waals surface area (Å²) in [7, 11) is 3.75. The summed E-state index contributed by atoms with van der Waals surface area (Å²) in [5, 5.41) is 4.24. The molecule has 2 nitrogen and oxygen atoms in total. The molecule has 2 aliphatic carbocycles. The lowest BCUT2D eigenvalue weighted by Crippen LogP contribution is -2.21. The molecule has 2 aliphatic rings. The fourth-order valence-electron chi connectivity index (χ4n) is 3.95. The normalized spacial score (nSPS) is 30.0. The highest BCUT2D eigenvalue weighted by Crippen LogP contribution is 2.63. The molecule has 3 rings (SSSR count). The van der Waals surface area contributed by atoms with Crippen molar-refractivity contribution in [1.29, 1.82) is 0 Å². The van der Waals surface area contributed by atoms with Crippen LogP contribution in [0.5, 0.6) is 5.75 Å². The minimum Gasteiger partial charge on any atom is -0.495 e. The van der Waals surface area contributed by atoms with Gasteiger partial charge in [-0.15, -0.1) is 0 Å². The maximum atomic E-state index is 6.21. The fraction of sp³-hybridized carbons (Fsp3) is 0.600. The van der Waals surface area contributed by atoms with Crippen molar-refractivity contribution in [1.82, 2.24) is 5.32 Å². The van der Waals surface area contributed by atoms with Gasteiger partial charge in [0.25, 0.3) is 0 Å². The summed E-state index contributed by atoms with van der Waals surface area (Å²) >= 11 is 9.76. The lowest BCUT2D eigenvalue weighted by Gasteiger charge is -2.22. The van der Waals surface area contributed by atoms with Crippen LogP contribution in [0.4, 0.5) is 0 Å². The van der Waals surface area contributed by atoms with E-state index in [1.54, 1.807) is 7.11 Å². The number of fused-ring (bicyclic) bond motifs is 1. The van der Waals surface area contributed by atoms with Crippen LogP contribution in [0.1, 0.15) is 30.9 Å². The summed E-state index contributed by atoms with van der Waals surface area (Å²) in [6, 6.07) is 4.28. The number of benzene rings is 1. The Labute approximate surface area is 128 Å². The van der Waals surface area contributed by atoms with Gasteiger partial charge in [0.15, 0.2) is 0 Å². The second-order valence-corrected chi connectivity index (χ2v) is 6.90. The van der Waals surface area contributed by atoms with Crippen molar-refractivity contribution >= 4 is 27.5 Å². The molecule has 0 amide bonds. The number of hydrogen-bond acceptors (Lipinski definition) is 2. The largest absolute Gasteiger partial charge is 0.495 e. The van der Waals surface area contributed by atoms with Crippen LogP contribution in [0.2, 0.25) is 5.02 Å². The Bertz CT molecular complexity index is 483. The van der Waals surface area contributed by atoms with Gasteiger partial charge < -0.3 is 10.1 Å². The van der Waals surface area contributed by atoms with Gasteiger partial charge in [0, 0.05) is 16.6 Å². The molecule has 2 saturated carbocycles. The summed E-state index contributed by atoms with van der Waals surface area (Å²) in [5.41, 5.74) is 1.18. The molecular weight excluding hydrogens is 326 g/mol. The van der Waals surface area contributed by atoms with E-state index in [1.807, 2.05) is 19.2 Å². The SMILES string of the molecule is CNC(c1cc(Cl)cc(Br)c1OC)C1C2CCCC21. The van der Waals surface area contributed by atoms with Crippen LogP contribution < -0.4 is 10.1 Å². The Morgan fingerprint density at radius 3 is 2.63 bits per heavy atom. The minimum absolute atomic E-state index is 0.347. The molecule has 0 saturated heterocycles. The fourth-order valence-corrected chi connectivity index (χ4v) is 4.95. The first-order valence-electron chi connectivity index (χ1n) is 6.87. The van der Waals surface area contributed by atoms with Crippen molar-refractivity contribution in [2.24, 2.45) is 17.8 Å². The first kappa shape index (κ1) is 13.7. The van der Waals surface area contributed by atoms with E-state index in [-0.39, 0.29) is 0 Å². The zero-order valence-corrected chi connectivity index (χ0v) is 13.6. The first-order chi connectivity index (χ1) is 9.17. The number of ether oxygens (including phenoxy) is 1. The Morgan fingerprint density at radius 2 is 2.05 bits per heavy atom. The van der Waals surface area contributed by atoms with Crippen LogP contribution in [0, 0.1) is 17.8 Å². The van der Waals surface area contributed by atoms with Crippen LogP contribution >= 0.6 is 27.5 Å². The predicted molar refractivity (Wildman–Crippen MR) is 81.8 cm³/mol. The molecule has 0 radical (unpaired) electrons. The van der Waals surface area contributed by atoms with Gasteiger partial charge in [-0.3, -0.25) is 0 Å². The van der Waals surface area contributed by atoms with Crippen molar-refractivity contribution in [2.75, 3.05) is 14.2 Å². The van der Waals surface area contributed by atoms with Gasteiger partial charge in [-0.05, 0) is 65.7 Å². The molecule has 3 atom stereocenters. The molecule has 1 aromatic carbocycles. The smallest absolute Gasteiger partial charge is 0.137 e. The van der Waals surface area contributed by atoms with Crippen molar-refractivity contribution in [3.8, 4) is 5.75 Å². The van der Waals surface area contributed by atoms with E-state index < -0.39 is 0 Å². The number of rotatable bonds is 4. The maximum absolute atomic E-state index is 6.21. The second-order valence-electron chi connectivity index (χ2n) is 5.61. The van der Waals surface area contributed by atoms with E-state index in [4.69, 9.17) is 16.3 Å². The average Bonchev–Trinajstić information content (AvgIpc) is 2.84. The van der Waals surface area contributed by atoms with E-state index in [9.17, 15) is 0 Å². The van der Waals surface area contributed by atoms with Gasteiger partial charge in [0.2, 0.25) is 0 Å². The van der Waals surface area contributed by atoms with E-state index >= 15 is 0 Å². The van der Waals surface area contributed by atoms with Crippen LogP contribution in [-0.2, 0) is 0 Å². The standard InChI is InChI=1S/C15H19BrClNO/c1-18-14(13-9-4-3-5-10(9)13)11-6-8(17)7-12(16)15(11)19-2/h6-7,9-10,13-14,18H,3-5H2,1-2H3. The van der Waals surface area contributed by atoms with Gasteiger partial charge in [0.1, 0.15) is 5.75 Å². The highest BCUT2D eigenvalue weighted by atomic mass is 79.9. The van der Waals surface area contributed by atoms with Crippen LogP contribution in [-0.4, -0.2) is 14.2 Å². The third-order valence-electron chi connectivity index (χ3n) is 4.74. The van der Waals surface area contributed by atoms with Gasteiger partial charge in [0.05, 0.1) is 11.6 Å². The molecule has 0 heterocycles. The Balaban J connectivity index is 1.95. The molecule has 3 unspecified atom stereocenters. The maximum Gasteiger partial charge on any atom is 0.137 e. The quantitative estimate of drug-likeness (QED) is 0.873. The third kappa shape index (κ3) is 2.30. The van der Waals surface area contributed by atoms with Crippen LogP contribution in [0.3, 0.4) is 0 Å². The highest BCUT2D eigenvalue weighted by Gasteiger charge is 2.56. The van der Waals surface area contributed by atoms with E-state index in [0.29, 0.717) is 6.04 Å². The zero-order chi connectivity index (χ0) is 13.6. The molecule has 0 aliphatic heterocycles. The summed E-state index contributed by atoms with van der Waals surface area (Å²) in [5.74, 6) is 3.46. The first-order valence-corrected chi connectivity index (χ1v) is 8.04. The average molecular weight is 345 g/mol.